The highest BCUT2D eigenvalue weighted by Crippen LogP contribution is 2.25. The summed E-state index contributed by atoms with van der Waals surface area (Å²) in [5.41, 5.74) is 4.65. The minimum absolute atomic E-state index is 0.0531. The number of carbonyl (C=O) groups is 1. The molecule has 1 fully saturated rings. The number of carbonyl (C=O) groups excluding carboxylic acids is 1. The number of amides is 1. The molecule has 31 heavy (non-hydrogen) atoms. The van der Waals surface area contributed by atoms with Crippen molar-refractivity contribution in [2.24, 2.45) is 0 Å². The Morgan fingerprint density at radius 2 is 1.84 bits per heavy atom. The van der Waals surface area contributed by atoms with E-state index in [9.17, 15) is 4.79 Å². The lowest BCUT2D eigenvalue weighted by Crippen LogP contribution is -2.42. The molecular weight excluding hydrogens is 392 g/mol. The molecule has 3 aromatic heterocycles. The first kappa shape index (κ1) is 19.2. The van der Waals surface area contributed by atoms with Crippen LogP contribution in [-0.2, 0) is 16.1 Å². The Morgan fingerprint density at radius 3 is 2.68 bits per heavy atom. The SMILES string of the molecule is O=C(Cn1cc(-c2ccnc(-c3ncc(-c4ccccc4)[nH]3)c2)cn1)N1CCOCC1. The van der Waals surface area contributed by atoms with Gasteiger partial charge < -0.3 is 14.6 Å². The van der Waals surface area contributed by atoms with E-state index in [4.69, 9.17) is 4.74 Å². The van der Waals surface area contributed by atoms with E-state index in [-0.39, 0.29) is 12.5 Å². The van der Waals surface area contributed by atoms with E-state index < -0.39 is 0 Å². The molecule has 4 heterocycles. The van der Waals surface area contributed by atoms with Crippen molar-refractivity contribution >= 4 is 5.91 Å². The fourth-order valence-corrected chi connectivity index (χ4v) is 3.61. The number of aromatic amines is 1. The first-order valence-electron chi connectivity index (χ1n) is 10.2. The highest BCUT2D eigenvalue weighted by atomic mass is 16.5. The van der Waals surface area contributed by atoms with Crippen molar-refractivity contribution in [3.63, 3.8) is 0 Å². The minimum atomic E-state index is 0.0531. The summed E-state index contributed by atoms with van der Waals surface area (Å²) in [5.74, 6) is 0.757. The van der Waals surface area contributed by atoms with Crippen LogP contribution in [0.3, 0.4) is 0 Å². The molecule has 1 aliphatic heterocycles. The van der Waals surface area contributed by atoms with Gasteiger partial charge in [0.15, 0.2) is 5.82 Å². The number of aromatic nitrogens is 5. The Kier molecular flexibility index (Phi) is 5.28. The number of benzene rings is 1. The highest BCUT2D eigenvalue weighted by Gasteiger charge is 2.17. The molecule has 8 nitrogen and oxygen atoms in total. The monoisotopic (exact) mass is 414 g/mol. The van der Waals surface area contributed by atoms with Gasteiger partial charge in [-0.2, -0.15) is 5.10 Å². The number of nitrogens with zero attached hydrogens (tertiary/aromatic N) is 5. The van der Waals surface area contributed by atoms with Crippen molar-refractivity contribution in [1.29, 1.82) is 0 Å². The molecule has 0 spiro atoms. The van der Waals surface area contributed by atoms with Crippen molar-refractivity contribution in [3.05, 3.63) is 67.3 Å². The van der Waals surface area contributed by atoms with Crippen LogP contribution >= 0.6 is 0 Å². The molecule has 0 bridgehead atoms. The molecule has 156 valence electrons. The second-order valence-electron chi connectivity index (χ2n) is 7.36. The van der Waals surface area contributed by atoms with E-state index in [2.05, 4.69) is 20.1 Å². The van der Waals surface area contributed by atoms with Gasteiger partial charge in [-0.15, -0.1) is 0 Å². The average Bonchev–Trinajstić information content (AvgIpc) is 3.51. The van der Waals surface area contributed by atoms with Gasteiger partial charge in [0.05, 0.1) is 31.3 Å². The molecule has 1 N–H and O–H groups in total. The van der Waals surface area contributed by atoms with Crippen molar-refractivity contribution in [3.8, 4) is 33.9 Å². The van der Waals surface area contributed by atoms with Gasteiger partial charge >= 0.3 is 0 Å². The van der Waals surface area contributed by atoms with Crippen LogP contribution in [0.4, 0.5) is 0 Å². The van der Waals surface area contributed by atoms with Gasteiger partial charge in [-0.25, -0.2) is 4.98 Å². The number of hydrogen-bond acceptors (Lipinski definition) is 5. The van der Waals surface area contributed by atoms with Crippen molar-refractivity contribution in [1.82, 2.24) is 29.6 Å². The van der Waals surface area contributed by atoms with Gasteiger partial charge in [-0.1, -0.05) is 30.3 Å². The standard InChI is InChI=1S/C23H22N6O2/c30-22(28-8-10-31-11-9-28)16-29-15-19(13-26-29)18-6-7-24-20(12-18)23-25-14-21(27-23)17-4-2-1-3-5-17/h1-7,12-15H,8-11,16H2,(H,25,27). The fourth-order valence-electron chi connectivity index (χ4n) is 3.61. The number of ether oxygens (including phenoxy) is 1. The van der Waals surface area contributed by atoms with Crippen LogP contribution in [0.2, 0.25) is 0 Å². The van der Waals surface area contributed by atoms with Crippen molar-refractivity contribution < 1.29 is 9.53 Å². The van der Waals surface area contributed by atoms with Gasteiger partial charge in [0.2, 0.25) is 5.91 Å². The van der Waals surface area contributed by atoms with E-state index in [0.717, 1.165) is 28.1 Å². The van der Waals surface area contributed by atoms with Gasteiger partial charge in [0, 0.05) is 31.0 Å². The topological polar surface area (TPSA) is 88.9 Å². The van der Waals surface area contributed by atoms with Gasteiger partial charge in [0.1, 0.15) is 12.2 Å². The molecule has 8 heteroatoms. The lowest BCUT2D eigenvalue weighted by Gasteiger charge is -2.26. The van der Waals surface area contributed by atoms with Gasteiger partial charge in [-0.05, 0) is 23.3 Å². The number of nitrogens with one attached hydrogen (secondary N) is 1. The molecule has 1 saturated heterocycles. The third-order valence-electron chi connectivity index (χ3n) is 5.29. The predicted molar refractivity (Wildman–Crippen MR) is 116 cm³/mol. The molecule has 0 atom stereocenters. The maximum Gasteiger partial charge on any atom is 0.244 e. The van der Waals surface area contributed by atoms with Crippen LogP contribution in [0.25, 0.3) is 33.9 Å². The summed E-state index contributed by atoms with van der Waals surface area (Å²) < 4.78 is 6.98. The largest absolute Gasteiger partial charge is 0.378 e. The van der Waals surface area contributed by atoms with E-state index >= 15 is 0 Å². The minimum Gasteiger partial charge on any atom is -0.378 e. The molecule has 0 saturated carbocycles. The summed E-state index contributed by atoms with van der Waals surface area (Å²) >= 11 is 0. The molecule has 0 unspecified atom stereocenters. The Hall–Kier alpha value is -3.78. The molecular formula is C23H22N6O2. The Balaban J connectivity index is 1.33. The number of H-pyrrole nitrogens is 1. The van der Waals surface area contributed by atoms with Crippen LogP contribution in [0.1, 0.15) is 0 Å². The Bertz CT molecular complexity index is 1180. The van der Waals surface area contributed by atoms with Crippen molar-refractivity contribution in [2.45, 2.75) is 6.54 Å². The highest BCUT2D eigenvalue weighted by molar-refractivity contribution is 5.76. The lowest BCUT2D eigenvalue weighted by atomic mass is 10.1. The summed E-state index contributed by atoms with van der Waals surface area (Å²) in [5, 5.41) is 4.37. The lowest BCUT2D eigenvalue weighted by molar-refractivity contribution is -0.136. The average molecular weight is 414 g/mol. The zero-order valence-corrected chi connectivity index (χ0v) is 16.9. The normalized spacial score (nSPS) is 14.0. The Labute approximate surface area is 179 Å². The van der Waals surface area contributed by atoms with Gasteiger partial charge in [-0.3, -0.25) is 14.5 Å². The smallest absolute Gasteiger partial charge is 0.244 e. The van der Waals surface area contributed by atoms with Crippen molar-refractivity contribution in [2.75, 3.05) is 26.3 Å². The van der Waals surface area contributed by atoms with Crippen LogP contribution in [0.5, 0.6) is 0 Å². The van der Waals surface area contributed by atoms with Crippen LogP contribution in [-0.4, -0.2) is 61.8 Å². The second-order valence-corrected chi connectivity index (χ2v) is 7.36. The third-order valence-corrected chi connectivity index (χ3v) is 5.29. The van der Waals surface area contributed by atoms with E-state index in [1.807, 2.05) is 59.8 Å². The van der Waals surface area contributed by atoms with E-state index in [1.165, 1.54) is 0 Å². The number of hydrogen-bond donors (Lipinski definition) is 1. The summed E-state index contributed by atoms with van der Waals surface area (Å²) in [6, 6.07) is 13.9. The molecule has 4 aromatic rings. The summed E-state index contributed by atoms with van der Waals surface area (Å²) in [6.07, 6.45) is 7.22. The van der Waals surface area contributed by atoms with Gasteiger partial charge in [0.25, 0.3) is 0 Å². The number of imidazole rings is 1. The summed E-state index contributed by atoms with van der Waals surface area (Å²) in [7, 11) is 0. The van der Waals surface area contributed by atoms with E-state index in [1.54, 1.807) is 17.1 Å². The second kappa shape index (κ2) is 8.53. The fraction of sp³-hybridized carbons (Fsp3) is 0.217. The zero-order valence-electron chi connectivity index (χ0n) is 16.9. The molecule has 1 aliphatic rings. The van der Waals surface area contributed by atoms with Crippen LogP contribution in [0.15, 0.2) is 67.3 Å². The van der Waals surface area contributed by atoms with Crippen LogP contribution in [0, 0.1) is 0 Å². The quantitative estimate of drug-likeness (QED) is 0.542. The molecule has 5 rings (SSSR count). The Morgan fingerprint density at radius 1 is 1.00 bits per heavy atom. The maximum atomic E-state index is 12.5. The molecule has 1 aromatic carbocycles. The summed E-state index contributed by atoms with van der Waals surface area (Å²) in [4.78, 5) is 26.6. The summed E-state index contributed by atoms with van der Waals surface area (Å²) in [6.45, 7) is 2.67. The zero-order chi connectivity index (χ0) is 21.0. The number of rotatable bonds is 5. The van der Waals surface area contributed by atoms with Crippen LogP contribution < -0.4 is 0 Å². The first-order valence-corrected chi connectivity index (χ1v) is 10.2. The third kappa shape index (κ3) is 4.24. The molecule has 1 amide bonds. The first-order chi connectivity index (χ1) is 15.3. The number of pyridine rings is 1. The molecule has 0 aliphatic carbocycles. The number of morpholine rings is 1. The maximum absolute atomic E-state index is 12.5. The molecule has 0 radical (unpaired) electrons. The van der Waals surface area contributed by atoms with E-state index in [0.29, 0.717) is 32.1 Å². The predicted octanol–water partition coefficient (Wildman–Crippen LogP) is 2.86.